The third-order valence-electron chi connectivity index (χ3n) is 10.1. The van der Waals surface area contributed by atoms with E-state index in [2.05, 4.69) is 27.7 Å². The van der Waals surface area contributed by atoms with E-state index >= 15 is 0 Å². The molecule has 0 aliphatic heterocycles. The van der Waals surface area contributed by atoms with Gasteiger partial charge in [0, 0.05) is 0 Å². The summed E-state index contributed by atoms with van der Waals surface area (Å²) in [5, 5.41) is 0. The monoisotopic (exact) mass is 865 g/mol. The molecule has 0 saturated carbocycles. The van der Waals surface area contributed by atoms with Crippen LogP contribution in [0.4, 0.5) is 0 Å². The minimum atomic E-state index is -3.95. The molecule has 0 unspecified atom stereocenters. The van der Waals surface area contributed by atoms with E-state index in [-0.39, 0.29) is 11.9 Å². The fourth-order valence-corrected chi connectivity index (χ4v) is 18.3. The minimum Gasteiger partial charge on any atom is -0.0654 e. The average molecular weight is 864 g/mol. The maximum absolute atomic E-state index is 13.4. The Morgan fingerprint density at radius 3 is 0.863 bits per heavy atom. The van der Waals surface area contributed by atoms with Gasteiger partial charge in [-0.05, 0) is 0 Å². The molecule has 0 atom stereocenters. The van der Waals surface area contributed by atoms with Crippen LogP contribution >= 0.6 is 23.5 Å². The van der Waals surface area contributed by atoms with Crippen LogP contribution in [0.5, 0.6) is 0 Å². The Labute approximate surface area is 333 Å². The van der Waals surface area contributed by atoms with E-state index in [9.17, 15) is 9.59 Å². The molecule has 0 amide bonds. The van der Waals surface area contributed by atoms with Crippen LogP contribution in [0.1, 0.15) is 233 Å². The molecule has 0 aliphatic rings. The number of carbonyl (C=O) groups is 2. The summed E-state index contributed by atoms with van der Waals surface area (Å²) in [6.07, 6.45) is 41.0. The first-order valence-electron chi connectivity index (χ1n) is 22.6. The van der Waals surface area contributed by atoms with Gasteiger partial charge in [0.25, 0.3) is 0 Å². The number of thioether (sulfide) groups is 2. The smallest absolute Gasteiger partial charge is 0.0654 e. The molecule has 304 valence electrons. The summed E-state index contributed by atoms with van der Waals surface area (Å²) in [7, 11) is 0. The summed E-state index contributed by atoms with van der Waals surface area (Å²) in [5.74, 6) is 2.58. The van der Waals surface area contributed by atoms with E-state index in [4.69, 9.17) is 6.15 Å². The van der Waals surface area contributed by atoms with E-state index in [0.717, 1.165) is 46.1 Å². The third kappa shape index (κ3) is 37.2. The molecule has 0 saturated heterocycles. The van der Waals surface area contributed by atoms with E-state index in [1.165, 1.54) is 180 Å². The van der Waals surface area contributed by atoms with E-state index in [1.807, 2.05) is 0 Å². The van der Waals surface area contributed by atoms with E-state index < -0.39 is 19.2 Å². The van der Waals surface area contributed by atoms with Crippen LogP contribution in [0.2, 0.25) is 8.87 Å². The molecular formula is C44H88O4S2Sn. The van der Waals surface area contributed by atoms with Gasteiger partial charge in [-0.25, -0.2) is 0 Å². The molecule has 0 aliphatic carbocycles. The van der Waals surface area contributed by atoms with Crippen molar-refractivity contribution in [1.82, 2.24) is 0 Å². The Balaban J connectivity index is 4.90. The molecule has 0 aromatic carbocycles. The minimum absolute atomic E-state index is 0.120. The van der Waals surface area contributed by atoms with E-state index in [0.29, 0.717) is 11.5 Å². The molecule has 0 bridgehead atoms. The summed E-state index contributed by atoms with van der Waals surface area (Å²) in [5.41, 5.74) is 0. The predicted octanol–water partition coefficient (Wildman–Crippen LogP) is 15.5. The Kier molecular flexibility index (Phi) is 42.0. The van der Waals surface area contributed by atoms with Crippen LogP contribution < -0.4 is 0 Å². The number of hydrogen-bond donors (Lipinski definition) is 0. The van der Waals surface area contributed by atoms with Crippen LogP contribution in [0.15, 0.2) is 0 Å². The SMILES string of the molecule is CCCCCCCCCCCCSCC(=O)[O][Sn]([CH2]CCCCCCC)([CH2]CCCCCCC)[O]C(=O)CSCCCCCCCCCCCC. The molecule has 7 heteroatoms. The summed E-state index contributed by atoms with van der Waals surface area (Å²) >= 11 is -0.515. The molecule has 0 aromatic rings. The van der Waals surface area contributed by atoms with Gasteiger partial charge < -0.3 is 0 Å². The molecule has 0 spiro atoms. The number of hydrogen-bond acceptors (Lipinski definition) is 6. The van der Waals surface area contributed by atoms with Gasteiger partial charge in [0.15, 0.2) is 0 Å². The molecule has 0 radical (unpaired) electrons. The van der Waals surface area contributed by atoms with Crippen LogP contribution in [-0.4, -0.2) is 54.2 Å². The summed E-state index contributed by atoms with van der Waals surface area (Å²) in [4.78, 5) is 26.7. The zero-order chi connectivity index (χ0) is 37.4. The van der Waals surface area contributed by atoms with Crippen LogP contribution in [0, 0.1) is 0 Å². The Morgan fingerprint density at radius 2 is 0.588 bits per heavy atom. The fraction of sp³-hybridized carbons (Fsp3) is 0.955. The molecule has 0 heterocycles. The van der Waals surface area contributed by atoms with Crippen molar-refractivity contribution in [3.8, 4) is 0 Å². The van der Waals surface area contributed by atoms with Gasteiger partial charge in [-0.3, -0.25) is 0 Å². The fourth-order valence-electron chi connectivity index (χ4n) is 6.87. The van der Waals surface area contributed by atoms with Crippen molar-refractivity contribution in [2.75, 3.05) is 23.0 Å². The quantitative estimate of drug-likeness (QED) is 0.0450. The van der Waals surface area contributed by atoms with Crippen molar-refractivity contribution in [2.24, 2.45) is 0 Å². The Hall–Kier alpha value is 0.439. The normalized spacial score (nSPS) is 11.7. The molecule has 0 N–H and O–H groups in total. The summed E-state index contributed by atoms with van der Waals surface area (Å²) in [6.45, 7) is 9.06. The standard InChI is InChI=1S/2C14H28O2S.2C8H17.Sn/c2*1-2-3-4-5-6-7-8-9-10-11-12-17-13-14(15)16;2*1-3-5-7-8-6-4-2;/h2*2-13H2,1H3,(H,15,16);2*1,3-8H2,2H3;/q;;;;+2/p-2. The number of rotatable bonds is 42. The van der Waals surface area contributed by atoms with Crippen LogP contribution in [-0.2, 0) is 15.7 Å². The topological polar surface area (TPSA) is 52.6 Å². The Morgan fingerprint density at radius 1 is 0.353 bits per heavy atom. The second kappa shape index (κ2) is 41.6. The second-order valence-electron chi connectivity index (χ2n) is 15.4. The predicted molar refractivity (Wildman–Crippen MR) is 233 cm³/mol. The Bertz CT molecular complexity index is 678. The van der Waals surface area contributed by atoms with Crippen LogP contribution in [0.3, 0.4) is 0 Å². The van der Waals surface area contributed by atoms with Crippen molar-refractivity contribution < 1.29 is 15.7 Å². The first-order chi connectivity index (χ1) is 25.0. The van der Waals surface area contributed by atoms with Gasteiger partial charge in [-0.2, -0.15) is 0 Å². The number of carbonyl (C=O) groups excluding carboxylic acids is 2. The van der Waals surface area contributed by atoms with Crippen molar-refractivity contribution in [3.05, 3.63) is 0 Å². The first kappa shape index (κ1) is 51.4. The van der Waals surface area contributed by atoms with Crippen molar-refractivity contribution in [1.29, 1.82) is 0 Å². The van der Waals surface area contributed by atoms with Gasteiger partial charge >= 0.3 is 283 Å². The van der Waals surface area contributed by atoms with Crippen molar-refractivity contribution in [3.63, 3.8) is 0 Å². The van der Waals surface area contributed by atoms with Crippen molar-refractivity contribution in [2.45, 2.75) is 242 Å². The molecule has 0 aromatic heterocycles. The molecule has 4 nitrogen and oxygen atoms in total. The average Bonchev–Trinajstić information content (AvgIpc) is 3.12. The molecule has 51 heavy (non-hydrogen) atoms. The van der Waals surface area contributed by atoms with Gasteiger partial charge in [0.05, 0.1) is 0 Å². The van der Waals surface area contributed by atoms with E-state index in [1.54, 1.807) is 23.5 Å². The maximum atomic E-state index is 13.4. The second-order valence-corrected chi connectivity index (χ2v) is 26.8. The molecular weight excluding hydrogens is 775 g/mol. The summed E-state index contributed by atoms with van der Waals surface area (Å²) in [6, 6.07) is 0. The first-order valence-corrected chi connectivity index (χ1v) is 31.3. The zero-order valence-electron chi connectivity index (χ0n) is 34.8. The zero-order valence-corrected chi connectivity index (χ0v) is 39.3. The van der Waals surface area contributed by atoms with Crippen LogP contribution in [0.25, 0.3) is 0 Å². The molecule has 0 rings (SSSR count). The van der Waals surface area contributed by atoms with Crippen molar-refractivity contribution >= 4 is 54.7 Å². The molecule has 0 fully saturated rings. The number of unbranched alkanes of at least 4 members (excludes halogenated alkanes) is 28. The van der Waals surface area contributed by atoms with Gasteiger partial charge in [-0.1, -0.05) is 52.4 Å². The van der Waals surface area contributed by atoms with Gasteiger partial charge in [0.1, 0.15) is 0 Å². The van der Waals surface area contributed by atoms with Gasteiger partial charge in [-0.15, -0.1) is 0 Å². The summed E-state index contributed by atoms with van der Waals surface area (Å²) < 4.78 is 14.6. The third-order valence-corrected chi connectivity index (χ3v) is 22.0. The van der Waals surface area contributed by atoms with Gasteiger partial charge in [0.2, 0.25) is 0 Å².